The van der Waals surface area contributed by atoms with Gasteiger partial charge in [0.25, 0.3) is 0 Å². The Labute approximate surface area is 183 Å². The van der Waals surface area contributed by atoms with Crippen molar-refractivity contribution in [3.8, 4) is 11.5 Å². The van der Waals surface area contributed by atoms with E-state index in [0.29, 0.717) is 23.6 Å². The summed E-state index contributed by atoms with van der Waals surface area (Å²) in [6.45, 7) is 0.410. The Hall–Kier alpha value is -3.28. The lowest BCUT2D eigenvalue weighted by Crippen LogP contribution is -2.27. The van der Waals surface area contributed by atoms with Crippen molar-refractivity contribution in [3.63, 3.8) is 0 Å². The van der Waals surface area contributed by atoms with Gasteiger partial charge in [0.2, 0.25) is 5.91 Å². The molecule has 1 amide bonds. The molecule has 0 spiro atoms. The molecule has 0 heterocycles. The molecule has 0 unspecified atom stereocenters. The van der Waals surface area contributed by atoms with Crippen molar-refractivity contribution in [2.45, 2.75) is 38.6 Å². The van der Waals surface area contributed by atoms with Crippen molar-refractivity contribution >= 4 is 11.9 Å². The molecule has 0 aliphatic heterocycles. The molecule has 0 aromatic heterocycles. The Morgan fingerprint density at radius 1 is 0.871 bits per heavy atom. The third-order valence-corrected chi connectivity index (χ3v) is 5.55. The van der Waals surface area contributed by atoms with Crippen molar-refractivity contribution in [1.82, 2.24) is 5.32 Å². The Bertz CT molecular complexity index is 962. The van der Waals surface area contributed by atoms with E-state index >= 15 is 0 Å². The SMILES string of the molecule is COC(=O)c1ccc(CNC(=O)C2=C(Cc3ccc(OC)c(OC)c3)CCCC2)cc1. The predicted molar refractivity (Wildman–Crippen MR) is 118 cm³/mol. The average molecular weight is 424 g/mol. The number of methoxy groups -OCH3 is 3. The molecule has 0 fully saturated rings. The van der Waals surface area contributed by atoms with Crippen LogP contribution in [-0.2, 0) is 22.5 Å². The summed E-state index contributed by atoms with van der Waals surface area (Å²) >= 11 is 0. The van der Waals surface area contributed by atoms with Crippen LogP contribution in [0.3, 0.4) is 0 Å². The van der Waals surface area contributed by atoms with E-state index in [4.69, 9.17) is 14.2 Å². The molecule has 3 rings (SSSR count). The van der Waals surface area contributed by atoms with Crippen LogP contribution in [-0.4, -0.2) is 33.2 Å². The lowest BCUT2D eigenvalue weighted by Gasteiger charge is -2.21. The van der Waals surface area contributed by atoms with Gasteiger partial charge in [-0.15, -0.1) is 0 Å². The maximum atomic E-state index is 12.9. The molecule has 164 valence electrons. The van der Waals surface area contributed by atoms with Gasteiger partial charge >= 0.3 is 5.97 Å². The molecule has 1 N–H and O–H groups in total. The molecule has 6 nitrogen and oxygen atoms in total. The minimum atomic E-state index is -0.372. The van der Waals surface area contributed by atoms with Gasteiger partial charge in [-0.3, -0.25) is 4.79 Å². The van der Waals surface area contributed by atoms with Crippen molar-refractivity contribution in [2.24, 2.45) is 0 Å². The van der Waals surface area contributed by atoms with E-state index in [1.807, 2.05) is 30.3 Å². The minimum Gasteiger partial charge on any atom is -0.493 e. The van der Waals surface area contributed by atoms with Gasteiger partial charge in [0.15, 0.2) is 11.5 Å². The highest BCUT2D eigenvalue weighted by Gasteiger charge is 2.20. The van der Waals surface area contributed by atoms with E-state index in [1.54, 1.807) is 26.4 Å². The molecular weight excluding hydrogens is 394 g/mol. The minimum absolute atomic E-state index is 0.0211. The summed E-state index contributed by atoms with van der Waals surface area (Å²) in [4.78, 5) is 24.5. The molecule has 0 atom stereocenters. The topological polar surface area (TPSA) is 73.9 Å². The number of hydrogen-bond acceptors (Lipinski definition) is 5. The molecule has 1 aliphatic carbocycles. The highest BCUT2D eigenvalue weighted by Crippen LogP contribution is 2.32. The molecule has 2 aromatic rings. The van der Waals surface area contributed by atoms with E-state index < -0.39 is 0 Å². The van der Waals surface area contributed by atoms with Crippen molar-refractivity contribution in [3.05, 3.63) is 70.3 Å². The van der Waals surface area contributed by atoms with E-state index in [1.165, 1.54) is 12.7 Å². The smallest absolute Gasteiger partial charge is 0.337 e. The molecule has 0 saturated heterocycles. The van der Waals surface area contributed by atoms with Crippen LogP contribution in [0.4, 0.5) is 0 Å². The summed E-state index contributed by atoms with van der Waals surface area (Å²) in [7, 11) is 4.60. The van der Waals surface area contributed by atoms with Crippen LogP contribution in [0, 0.1) is 0 Å². The molecule has 31 heavy (non-hydrogen) atoms. The lowest BCUT2D eigenvalue weighted by atomic mass is 9.87. The molecule has 1 aliphatic rings. The highest BCUT2D eigenvalue weighted by molar-refractivity contribution is 5.94. The summed E-state index contributed by atoms with van der Waals surface area (Å²) in [5, 5.41) is 3.03. The van der Waals surface area contributed by atoms with Crippen LogP contribution in [0.2, 0.25) is 0 Å². The molecule has 0 bridgehead atoms. The maximum Gasteiger partial charge on any atom is 0.337 e. The summed E-state index contributed by atoms with van der Waals surface area (Å²) < 4.78 is 15.4. The number of rotatable bonds is 8. The number of nitrogens with one attached hydrogen (secondary N) is 1. The second-order valence-electron chi connectivity index (χ2n) is 7.53. The van der Waals surface area contributed by atoms with Gasteiger partial charge in [-0.1, -0.05) is 23.8 Å². The first kappa shape index (κ1) is 22.4. The number of ether oxygens (including phenoxy) is 3. The third-order valence-electron chi connectivity index (χ3n) is 5.55. The monoisotopic (exact) mass is 423 g/mol. The van der Waals surface area contributed by atoms with Crippen molar-refractivity contribution < 1.29 is 23.8 Å². The quantitative estimate of drug-likeness (QED) is 0.644. The van der Waals surface area contributed by atoms with Gasteiger partial charge in [-0.05, 0) is 67.5 Å². The van der Waals surface area contributed by atoms with Crippen LogP contribution in [0.1, 0.15) is 47.2 Å². The van der Waals surface area contributed by atoms with Gasteiger partial charge in [-0.2, -0.15) is 0 Å². The first-order valence-electron chi connectivity index (χ1n) is 10.4. The molecule has 6 heteroatoms. The van der Waals surface area contributed by atoms with Gasteiger partial charge in [0.1, 0.15) is 0 Å². The molecule has 0 radical (unpaired) electrons. The fourth-order valence-corrected chi connectivity index (χ4v) is 3.84. The number of carbonyl (C=O) groups excluding carboxylic acids is 2. The first-order chi connectivity index (χ1) is 15.0. The van der Waals surface area contributed by atoms with Gasteiger partial charge in [-0.25, -0.2) is 4.79 Å². The summed E-state index contributed by atoms with van der Waals surface area (Å²) in [5.41, 5.74) is 4.58. The summed E-state index contributed by atoms with van der Waals surface area (Å²) in [6, 6.07) is 12.9. The number of esters is 1. The zero-order valence-corrected chi connectivity index (χ0v) is 18.3. The van der Waals surface area contributed by atoms with E-state index in [0.717, 1.165) is 48.8 Å². The second-order valence-corrected chi connectivity index (χ2v) is 7.53. The number of amides is 1. The first-order valence-corrected chi connectivity index (χ1v) is 10.4. The highest BCUT2D eigenvalue weighted by atomic mass is 16.5. The third kappa shape index (κ3) is 5.66. The normalized spacial score (nSPS) is 13.5. The fourth-order valence-electron chi connectivity index (χ4n) is 3.84. The second kappa shape index (κ2) is 10.7. The van der Waals surface area contributed by atoms with Crippen LogP contribution < -0.4 is 14.8 Å². The van der Waals surface area contributed by atoms with Gasteiger partial charge in [0.05, 0.1) is 26.9 Å². The van der Waals surface area contributed by atoms with Crippen LogP contribution >= 0.6 is 0 Å². The molecule has 0 saturated carbocycles. The number of benzene rings is 2. The average Bonchev–Trinajstić information content (AvgIpc) is 2.82. The Kier molecular flexibility index (Phi) is 7.70. The van der Waals surface area contributed by atoms with E-state index in [9.17, 15) is 9.59 Å². The standard InChI is InChI=1S/C25H29NO5/c1-29-22-13-10-18(15-23(22)30-2)14-20-6-4-5-7-21(20)24(27)26-16-17-8-11-19(12-9-17)25(28)31-3/h8-13,15H,4-7,14,16H2,1-3H3,(H,26,27). The predicted octanol–water partition coefficient (Wildman–Crippen LogP) is 4.22. The zero-order valence-electron chi connectivity index (χ0n) is 18.3. The maximum absolute atomic E-state index is 12.9. The lowest BCUT2D eigenvalue weighted by molar-refractivity contribution is -0.118. The Morgan fingerprint density at radius 3 is 2.23 bits per heavy atom. The van der Waals surface area contributed by atoms with Crippen LogP contribution in [0.5, 0.6) is 11.5 Å². The van der Waals surface area contributed by atoms with E-state index in [-0.39, 0.29) is 11.9 Å². The van der Waals surface area contributed by atoms with Gasteiger partial charge in [0, 0.05) is 12.1 Å². The number of carbonyl (C=O) groups is 2. The van der Waals surface area contributed by atoms with Crippen LogP contribution in [0.25, 0.3) is 0 Å². The molecular formula is C25H29NO5. The van der Waals surface area contributed by atoms with Crippen LogP contribution in [0.15, 0.2) is 53.6 Å². The largest absolute Gasteiger partial charge is 0.493 e. The van der Waals surface area contributed by atoms with Crippen molar-refractivity contribution in [2.75, 3.05) is 21.3 Å². The zero-order chi connectivity index (χ0) is 22.2. The summed E-state index contributed by atoms with van der Waals surface area (Å²) in [6.07, 6.45) is 4.54. The van der Waals surface area contributed by atoms with Gasteiger partial charge < -0.3 is 19.5 Å². The summed E-state index contributed by atoms with van der Waals surface area (Å²) in [5.74, 6) is 0.993. The Morgan fingerprint density at radius 2 is 1.55 bits per heavy atom. The molecule has 2 aromatic carbocycles. The Balaban J connectivity index is 1.70. The number of hydrogen-bond donors (Lipinski definition) is 1. The number of allylic oxidation sites excluding steroid dienone is 1. The van der Waals surface area contributed by atoms with Crippen molar-refractivity contribution in [1.29, 1.82) is 0 Å². The van der Waals surface area contributed by atoms with E-state index in [2.05, 4.69) is 5.32 Å². The fraction of sp³-hybridized carbons (Fsp3) is 0.360.